The Morgan fingerprint density at radius 1 is 1.10 bits per heavy atom. The highest BCUT2D eigenvalue weighted by Crippen LogP contribution is 2.65. The minimum Gasteiger partial charge on any atom is -0.0918 e. The molecule has 3 fully saturated rings. The molecule has 21 heavy (non-hydrogen) atoms. The summed E-state index contributed by atoms with van der Waals surface area (Å²) < 4.78 is 0. The number of hydrogen-bond donors (Lipinski definition) is 0. The van der Waals surface area contributed by atoms with Crippen LogP contribution in [0.3, 0.4) is 0 Å². The molecule has 4 aliphatic rings. The highest BCUT2D eigenvalue weighted by Gasteiger charge is 2.57. The highest BCUT2D eigenvalue weighted by atomic mass is 14.6. The third-order valence-corrected chi connectivity index (χ3v) is 8.12. The molecule has 0 heterocycles. The van der Waals surface area contributed by atoms with Crippen LogP contribution in [0.1, 0.15) is 59.3 Å². The molecule has 0 amide bonds. The number of hydrogen-bond acceptors (Lipinski definition) is 0. The average molecular weight is 282 g/mol. The lowest BCUT2D eigenvalue weighted by molar-refractivity contribution is -0.0304. The summed E-state index contributed by atoms with van der Waals surface area (Å²) in [6.45, 7) is 11.8. The Morgan fingerprint density at radius 2 is 1.90 bits per heavy atom. The number of fused-ring (bicyclic) bond motifs is 5. The largest absolute Gasteiger partial charge is 0.0918 e. The summed E-state index contributed by atoms with van der Waals surface area (Å²) in [5, 5.41) is 0. The lowest BCUT2D eigenvalue weighted by Crippen LogP contribution is -2.49. The molecule has 0 heteroatoms. The first-order valence-electron chi connectivity index (χ1n) is 9.04. The maximum Gasteiger partial charge on any atom is 0.0100 e. The van der Waals surface area contributed by atoms with Crippen LogP contribution in [0.15, 0.2) is 36.0 Å². The Morgan fingerprint density at radius 3 is 2.71 bits per heavy atom. The second-order valence-corrected chi connectivity index (χ2v) is 8.80. The molecule has 0 spiro atoms. The SMILES string of the molecule is C=C1C=CC2(C)C(=C1)CCC1C2CCC2(C)C(C)CCC12. The third-order valence-electron chi connectivity index (χ3n) is 8.12. The van der Waals surface area contributed by atoms with Crippen molar-refractivity contribution in [1.82, 2.24) is 0 Å². The Balaban J connectivity index is 1.70. The van der Waals surface area contributed by atoms with E-state index in [0.29, 0.717) is 10.8 Å². The third kappa shape index (κ3) is 1.74. The Bertz CT molecular complexity index is 536. The summed E-state index contributed by atoms with van der Waals surface area (Å²) in [6.07, 6.45) is 15.8. The van der Waals surface area contributed by atoms with Crippen molar-refractivity contribution in [3.05, 3.63) is 36.0 Å². The van der Waals surface area contributed by atoms with Crippen molar-refractivity contribution in [3.8, 4) is 0 Å². The van der Waals surface area contributed by atoms with Crippen LogP contribution in [0.25, 0.3) is 0 Å². The fraction of sp³-hybridized carbons (Fsp3) is 0.714. The van der Waals surface area contributed by atoms with E-state index < -0.39 is 0 Å². The van der Waals surface area contributed by atoms with Crippen LogP contribution >= 0.6 is 0 Å². The van der Waals surface area contributed by atoms with E-state index in [1.165, 1.54) is 44.1 Å². The molecule has 4 rings (SSSR count). The first kappa shape index (κ1) is 13.9. The van der Waals surface area contributed by atoms with Crippen LogP contribution in [-0.2, 0) is 0 Å². The van der Waals surface area contributed by atoms with Crippen LogP contribution in [0.5, 0.6) is 0 Å². The van der Waals surface area contributed by atoms with E-state index in [4.69, 9.17) is 0 Å². The molecule has 3 saturated carbocycles. The number of allylic oxidation sites excluding steroid dienone is 5. The second-order valence-electron chi connectivity index (χ2n) is 8.80. The Labute approximate surface area is 130 Å². The molecule has 0 N–H and O–H groups in total. The van der Waals surface area contributed by atoms with Gasteiger partial charge >= 0.3 is 0 Å². The van der Waals surface area contributed by atoms with Gasteiger partial charge in [-0.2, -0.15) is 0 Å². The molecule has 0 nitrogen and oxygen atoms in total. The summed E-state index contributed by atoms with van der Waals surface area (Å²) in [7, 11) is 0. The zero-order valence-corrected chi connectivity index (χ0v) is 14.0. The van der Waals surface area contributed by atoms with Gasteiger partial charge in [0.15, 0.2) is 0 Å². The predicted octanol–water partition coefficient (Wildman–Crippen LogP) is 5.92. The van der Waals surface area contributed by atoms with E-state index in [1.807, 2.05) is 0 Å². The molecule has 0 radical (unpaired) electrons. The molecule has 0 aromatic carbocycles. The van der Waals surface area contributed by atoms with Gasteiger partial charge in [-0.15, -0.1) is 0 Å². The van der Waals surface area contributed by atoms with Gasteiger partial charge in [0.2, 0.25) is 0 Å². The van der Waals surface area contributed by atoms with E-state index in [-0.39, 0.29) is 0 Å². The van der Waals surface area contributed by atoms with Crippen molar-refractivity contribution in [2.75, 3.05) is 0 Å². The van der Waals surface area contributed by atoms with Crippen LogP contribution in [0.4, 0.5) is 0 Å². The number of rotatable bonds is 0. The van der Waals surface area contributed by atoms with Gasteiger partial charge in [0.05, 0.1) is 0 Å². The molecule has 114 valence electrons. The summed E-state index contributed by atoms with van der Waals surface area (Å²) in [6, 6.07) is 0. The summed E-state index contributed by atoms with van der Waals surface area (Å²) >= 11 is 0. The van der Waals surface area contributed by atoms with E-state index in [2.05, 4.69) is 45.6 Å². The highest BCUT2D eigenvalue weighted by molar-refractivity contribution is 5.43. The smallest absolute Gasteiger partial charge is 0.0100 e. The molecule has 0 aromatic rings. The minimum absolute atomic E-state index is 0.331. The van der Waals surface area contributed by atoms with Crippen LogP contribution in [0, 0.1) is 34.5 Å². The second kappa shape index (κ2) is 4.37. The first-order chi connectivity index (χ1) is 9.95. The average Bonchev–Trinajstić information content (AvgIpc) is 2.76. The molecule has 0 saturated heterocycles. The van der Waals surface area contributed by atoms with Crippen LogP contribution < -0.4 is 0 Å². The van der Waals surface area contributed by atoms with Crippen LogP contribution in [-0.4, -0.2) is 0 Å². The molecule has 4 aliphatic carbocycles. The maximum atomic E-state index is 4.15. The van der Waals surface area contributed by atoms with Crippen molar-refractivity contribution in [2.24, 2.45) is 34.5 Å². The van der Waals surface area contributed by atoms with Gasteiger partial charge in [0.1, 0.15) is 0 Å². The molecule has 0 aromatic heterocycles. The Hall–Kier alpha value is -0.780. The fourth-order valence-electron chi connectivity index (χ4n) is 6.54. The van der Waals surface area contributed by atoms with Crippen molar-refractivity contribution in [2.45, 2.75) is 59.3 Å². The molecular formula is C21H30. The van der Waals surface area contributed by atoms with Gasteiger partial charge in [-0.3, -0.25) is 0 Å². The monoisotopic (exact) mass is 282 g/mol. The normalized spacial score (nSPS) is 52.0. The molecule has 0 bridgehead atoms. The lowest BCUT2D eigenvalue weighted by Gasteiger charge is -2.57. The predicted molar refractivity (Wildman–Crippen MR) is 89.9 cm³/mol. The van der Waals surface area contributed by atoms with Crippen molar-refractivity contribution >= 4 is 0 Å². The van der Waals surface area contributed by atoms with Crippen LogP contribution in [0.2, 0.25) is 0 Å². The quantitative estimate of drug-likeness (QED) is 0.517. The van der Waals surface area contributed by atoms with Gasteiger partial charge in [0.25, 0.3) is 0 Å². The Kier molecular flexibility index (Phi) is 2.88. The van der Waals surface area contributed by atoms with E-state index in [9.17, 15) is 0 Å². The molecule has 0 aliphatic heterocycles. The van der Waals surface area contributed by atoms with Gasteiger partial charge < -0.3 is 0 Å². The van der Waals surface area contributed by atoms with Crippen molar-refractivity contribution < 1.29 is 0 Å². The fourth-order valence-corrected chi connectivity index (χ4v) is 6.54. The van der Waals surface area contributed by atoms with Crippen molar-refractivity contribution in [3.63, 3.8) is 0 Å². The maximum absolute atomic E-state index is 4.15. The first-order valence-corrected chi connectivity index (χ1v) is 9.04. The van der Waals surface area contributed by atoms with E-state index in [0.717, 1.165) is 23.7 Å². The van der Waals surface area contributed by atoms with Gasteiger partial charge in [-0.05, 0) is 73.2 Å². The zero-order valence-electron chi connectivity index (χ0n) is 14.0. The van der Waals surface area contributed by atoms with E-state index >= 15 is 0 Å². The molecule has 6 unspecified atom stereocenters. The van der Waals surface area contributed by atoms with Gasteiger partial charge in [0, 0.05) is 5.41 Å². The molecule has 6 atom stereocenters. The topological polar surface area (TPSA) is 0 Å². The van der Waals surface area contributed by atoms with E-state index in [1.54, 1.807) is 5.57 Å². The standard InChI is InChI=1S/C21H30/c1-14-9-11-21(4)16(13-14)6-7-17-18-8-5-15(2)20(18,3)12-10-19(17)21/h9,11,13,15,17-19H,1,5-8,10,12H2,2-4H3. The lowest BCUT2D eigenvalue weighted by atomic mass is 9.48. The van der Waals surface area contributed by atoms with Crippen molar-refractivity contribution in [1.29, 1.82) is 0 Å². The summed E-state index contributed by atoms with van der Waals surface area (Å²) in [5.74, 6) is 3.77. The zero-order chi connectivity index (χ0) is 14.8. The van der Waals surface area contributed by atoms with Gasteiger partial charge in [-0.25, -0.2) is 0 Å². The van der Waals surface area contributed by atoms with Gasteiger partial charge in [-0.1, -0.05) is 51.2 Å². The molecular weight excluding hydrogens is 252 g/mol. The minimum atomic E-state index is 0.331. The summed E-state index contributed by atoms with van der Waals surface area (Å²) in [5.41, 5.74) is 3.85. The summed E-state index contributed by atoms with van der Waals surface area (Å²) in [4.78, 5) is 0.